The lowest BCUT2D eigenvalue weighted by atomic mass is 10.0. The highest BCUT2D eigenvalue weighted by Gasteiger charge is 2.08. The number of aromatic nitrogens is 2. The zero-order chi connectivity index (χ0) is 44.9. The van der Waals surface area contributed by atoms with Crippen LogP contribution >= 0.6 is 0 Å². The van der Waals surface area contributed by atoms with Crippen molar-refractivity contribution in [1.82, 2.24) is 15.4 Å². The first-order valence-corrected chi connectivity index (χ1v) is 20.9. The van der Waals surface area contributed by atoms with E-state index in [-0.39, 0.29) is 0 Å². The van der Waals surface area contributed by atoms with Gasteiger partial charge in [-0.2, -0.15) is 10.2 Å². The number of hydrogen-bond donors (Lipinski definition) is 5. The Morgan fingerprint density at radius 3 is 1.58 bits per heavy atom. The summed E-state index contributed by atoms with van der Waals surface area (Å²) in [5.74, 6) is 19.1. The third-order valence-corrected chi connectivity index (χ3v) is 9.78. The van der Waals surface area contributed by atoms with Crippen LogP contribution in [0.4, 0.5) is 0 Å². The highest BCUT2D eigenvalue weighted by molar-refractivity contribution is 5.97. The smallest absolute Gasteiger partial charge is 0.150 e. The number of nitrogens with zero attached hydrogens (tertiary/aromatic N) is 4. The maximum absolute atomic E-state index is 6.01. The number of hydrogen-bond acceptors (Lipinski definition) is 10. The van der Waals surface area contributed by atoms with E-state index in [9.17, 15) is 0 Å². The van der Waals surface area contributed by atoms with Gasteiger partial charge < -0.3 is 37.1 Å². The van der Waals surface area contributed by atoms with Crippen molar-refractivity contribution in [2.45, 2.75) is 40.1 Å². The van der Waals surface area contributed by atoms with E-state index >= 15 is 0 Å². The van der Waals surface area contributed by atoms with Crippen LogP contribution in [0, 0.1) is 0 Å². The molecule has 64 heavy (non-hydrogen) atoms. The van der Waals surface area contributed by atoms with Crippen molar-refractivity contribution in [1.29, 1.82) is 0 Å². The van der Waals surface area contributed by atoms with Gasteiger partial charge >= 0.3 is 0 Å². The van der Waals surface area contributed by atoms with Gasteiger partial charge in [-0.15, -0.1) is 0 Å². The molecule has 0 atom stereocenters. The lowest BCUT2D eigenvalue weighted by Crippen LogP contribution is -2.33. The third-order valence-electron chi connectivity index (χ3n) is 9.78. The van der Waals surface area contributed by atoms with Crippen LogP contribution in [-0.2, 0) is 26.2 Å². The van der Waals surface area contributed by atoms with Crippen LogP contribution in [0.25, 0.3) is 34.0 Å². The molecule has 2 heterocycles. The number of amidine groups is 2. The third kappa shape index (κ3) is 13.1. The monoisotopic (exact) mass is 851 g/mol. The quantitative estimate of drug-likeness (QED) is 0.0231. The van der Waals surface area contributed by atoms with Gasteiger partial charge in [0.1, 0.15) is 48.7 Å². The Balaban J connectivity index is 0.000000205. The minimum atomic E-state index is 0.319. The van der Waals surface area contributed by atoms with Crippen LogP contribution in [0.3, 0.4) is 0 Å². The fraction of sp³-hybridized carbons (Fsp3) is 0.115. The Hall–Kier alpha value is -8.22. The topological polar surface area (TPSA) is 194 Å². The molecule has 0 radical (unpaired) electrons. The zero-order valence-electron chi connectivity index (χ0n) is 36.0. The average molecular weight is 852 g/mol. The number of hydrazine groups is 1. The number of ether oxygens (including phenoxy) is 3. The minimum absolute atomic E-state index is 0.319. The van der Waals surface area contributed by atoms with Crippen LogP contribution in [-0.4, -0.2) is 21.6 Å². The Morgan fingerprint density at radius 1 is 0.531 bits per heavy atom. The average Bonchev–Trinajstić information content (AvgIpc) is 3.36. The summed E-state index contributed by atoms with van der Waals surface area (Å²) in [6, 6.07) is 55.4. The molecule has 6 aromatic carbocycles. The first-order valence-electron chi connectivity index (χ1n) is 20.9. The number of nitrogens with one attached hydrogen (secondary N) is 1. The van der Waals surface area contributed by atoms with Crippen molar-refractivity contribution in [2.75, 3.05) is 0 Å². The molecule has 0 aliphatic heterocycles. The van der Waals surface area contributed by atoms with Crippen LogP contribution in [0.15, 0.2) is 180 Å². The molecule has 0 bridgehead atoms. The van der Waals surface area contributed by atoms with E-state index in [1.54, 1.807) is 0 Å². The molecule has 12 heteroatoms. The SMILES string of the molecule is CC.N/N=C(/Cc1ccccc1COc1cccc(OCc2ccc3ccccc3n2)c1)NN.N/N=C(\N)c1ccc(/C=C/c2ccc(OCc3ccc4ccccc4n3)cc2)cc1. The predicted octanol–water partition coefficient (Wildman–Crippen LogP) is 9.26. The molecule has 9 N–H and O–H groups in total. The Bertz CT molecular complexity index is 2810. The normalized spacial score (nSPS) is 11.3. The number of para-hydroxylation sites is 2. The maximum Gasteiger partial charge on any atom is 0.150 e. The summed E-state index contributed by atoms with van der Waals surface area (Å²) in [7, 11) is 0. The molecule has 0 saturated carbocycles. The lowest BCUT2D eigenvalue weighted by Gasteiger charge is -2.13. The lowest BCUT2D eigenvalue weighted by molar-refractivity contribution is 0.287. The minimum Gasteiger partial charge on any atom is -0.489 e. The zero-order valence-corrected chi connectivity index (χ0v) is 36.0. The summed E-state index contributed by atoms with van der Waals surface area (Å²) in [6.07, 6.45) is 4.58. The maximum atomic E-state index is 6.01. The Labute approximate surface area is 373 Å². The molecule has 0 amide bonds. The van der Waals surface area contributed by atoms with E-state index in [0.29, 0.717) is 43.7 Å². The van der Waals surface area contributed by atoms with Gasteiger partial charge in [-0.1, -0.05) is 141 Å². The van der Waals surface area contributed by atoms with Gasteiger partial charge in [-0.05, 0) is 70.8 Å². The van der Waals surface area contributed by atoms with Gasteiger partial charge in [-0.3, -0.25) is 0 Å². The number of pyridine rings is 2. The van der Waals surface area contributed by atoms with Gasteiger partial charge in [0.25, 0.3) is 0 Å². The Kier molecular flexibility index (Phi) is 16.8. The largest absolute Gasteiger partial charge is 0.489 e. The highest BCUT2D eigenvalue weighted by Crippen LogP contribution is 2.23. The number of benzene rings is 6. The number of fused-ring (bicyclic) bond motifs is 2. The molecule has 0 aliphatic rings. The second-order valence-electron chi connectivity index (χ2n) is 14.0. The summed E-state index contributed by atoms with van der Waals surface area (Å²) >= 11 is 0. The van der Waals surface area contributed by atoms with Crippen LogP contribution in [0.5, 0.6) is 17.2 Å². The van der Waals surface area contributed by atoms with Crippen LogP contribution in [0.1, 0.15) is 53.1 Å². The summed E-state index contributed by atoms with van der Waals surface area (Å²) in [5, 5.41) is 9.39. The van der Waals surface area contributed by atoms with Gasteiger partial charge in [0.05, 0.1) is 22.4 Å². The molecule has 2 aromatic heterocycles. The number of rotatable bonds is 14. The first kappa shape index (κ1) is 45.3. The van der Waals surface area contributed by atoms with E-state index in [4.69, 9.17) is 37.5 Å². The van der Waals surface area contributed by atoms with Crippen LogP contribution < -0.4 is 42.9 Å². The van der Waals surface area contributed by atoms with Crippen molar-refractivity contribution in [3.05, 3.63) is 209 Å². The van der Waals surface area contributed by atoms with E-state index in [1.807, 2.05) is 178 Å². The summed E-state index contributed by atoms with van der Waals surface area (Å²) < 4.78 is 17.8. The molecule has 8 rings (SSSR count). The van der Waals surface area contributed by atoms with E-state index < -0.39 is 0 Å². The van der Waals surface area contributed by atoms with Gasteiger partial charge in [0.15, 0.2) is 0 Å². The number of hydrazone groups is 2. The first-order chi connectivity index (χ1) is 31.5. The second-order valence-corrected chi connectivity index (χ2v) is 14.0. The second kappa shape index (κ2) is 23.7. The fourth-order valence-electron chi connectivity index (χ4n) is 6.40. The van der Waals surface area contributed by atoms with Crippen molar-refractivity contribution >= 4 is 45.6 Å². The van der Waals surface area contributed by atoms with Crippen molar-refractivity contribution < 1.29 is 14.2 Å². The summed E-state index contributed by atoms with van der Waals surface area (Å²) in [5.41, 5.74) is 16.9. The summed E-state index contributed by atoms with van der Waals surface area (Å²) in [4.78, 5) is 9.28. The molecule has 0 saturated heterocycles. The number of nitrogens with two attached hydrogens (primary N) is 4. The molecule has 0 unspecified atom stereocenters. The highest BCUT2D eigenvalue weighted by atomic mass is 16.5. The molecular weight excluding hydrogens is 799 g/mol. The molecule has 0 spiro atoms. The molecular formula is C52H53N9O3. The van der Waals surface area contributed by atoms with Crippen molar-refractivity contribution in [3.63, 3.8) is 0 Å². The predicted molar refractivity (Wildman–Crippen MR) is 260 cm³/mol. The summed E-state index contributed by atoms with van der Waals surface area (Å²) in [6.45, 7) is 5.21. The van der Waals surface area contributed by atoms with E-state index in [2.05, 4.69) is 43.8 Å². The van der Waals surface area contributed by atoms with E-state index in [1.165, 1.54) is 0 Å². The Morgan fingerprint density at radius 2 is 1.03 bits per heavy atom. The van der Waals surface area contributed by atoms with Crippen molar-refractivity contribution in [3.8, 4) is 17.2 Å². The van der Waals surface area contributed by atoms with Gasteiger partial charge in [0.2, 0.25) is 0 Å². The molecule has 0 aliphatic carbocycles. The molecule has 324 valence electrons. The molecule has 8 aromatic rings. The standard InChI is InChI=1S/C25H25N5O2.C25H22N4O.C2H6/c26-29-25(30-27)14-19-7-1-2-8-20(19)16-31-22-9-5-10-23(15-22)32-17-21-13-12-18-6-3-4-11-24(18)28-21;26-25(29-27)21-11-7-18(8-12-21)5-6-19-9-15-23(16-10-19)30-17-22-14-13-20-3-1-2-4-24(20)28-22;1-2/h1-13,15H,14,16-17,26-27H2,(H,29,30);1-16H,17,27H2,(H2,26,29);1-2H3/b;6-5+;. The van der Waals surface area contributed by atoms with Crippen LogP contribution in [0.2, 0.25) is 0 Å². The van der Waals surface area contributed by atoms with Crippen molar-refractivity contribution in [2.24, 2.45) is 33.5 Å². The fourth-order valence-corrected chi connectivity index (χ4v) is 6.40. The molecule has 12 nitrogen and oxygen atoms in total. The van der Waals surface area contributed by atoms with E-state index in [0.717, 1.165) is 72.5 Å². The van der Waals surface area contributed by atoms with Gasteiger partial charge in [0, 0.05) is 28.8 Å². The van der Waals surface area contributed by atoms with Gasteiger partial charge in [-0.25, -0.2) is 15.8 Å². The molecule has 0 fully saturated rings.